The normalized spacial score (nSPS) is 12.8. The van der Waals surface area contributed by atoms with E-state index < -0.39 is 5.91 Å². The topological polar surface area (TPSA) is 85.2 Å². The van der Waals surface area contributed by atoms with Gasteiger partial charge in [-0.05, 0) is 48.9 Å². The van der Waals surface area contributed by atoms with Crippen LogP contribution in [0.25, 0.3) is 11.3 Å². The number of hydrogen-bond donors (Lipinski definition) is 2. The van der Waals surface area contributed by atoms with Crippen LogP contribution < -0.4 is 15.4 Å². The Morgan fingerprint density at radius 1 is 1.29 bits per heavy atom. The molecule has 0 fully saturated rings. The molecule has 1 aliphatic rings. The van der Waals surface area contributed by atoms with E-state index in [0.717, 1.165) is 5.56 Å². The van der Waals surface area contributed by atoms with Crippen molar-refractivity contribution in [3.8, 4) is 17.0 Å². The Balaban J connectivity index is 1.61. The smallest absolute Gasteiger partial charge is 0.276 e. The van der Waals surface area contributed by atoms with E-state index >= 15 is 0 Å². The van der Waals surface area contributed by atoms with Gasteiger partial charge in [0.05, 0.1) is 17.1 Å². The fraction of sp³-hybridized carbons (Fsp3) is 0.150. The Morgan fingerprint density at radius 3 is 2.89 bits per heavy atom. The average Bonchev–Trinajstić information content (AvgIpc) is 3.06. The zero-order valence-corrected chi connectivity index (χ0v) is 15.2. The van der Waals surface area contributed by atoms with Crippen molar-refractivity contribution in [2.45, 2.75) is 6.92 Å². The summed E-state index contributed by atoms with van der Waals surface area (Å²) in [5.74, 6) is -0.555. The number of rotatable bonds is 3. The van der Waals surface area contributed by atoms with Crippen LogP contribution in [0.15, 0.2) is 42.5 Å². The summed E-state index contributed by atoms with van der Waals surface area (Å²) < 4.78 is 20.5. The summed E-state index contributed by atoms with van der Waals surface area (Å²) in [6, 6.07) is 11.5. The van der Waals surface area contributed by atoms with Gasteiger partial charge in [0.25, 0.3) is 11.8 Å². The molecule has 0 aliphatic carbocycles. The predicted octanol–water partition coefficient (Wildman–Crippen LogP) is 3.12. The predicted molar refractivity (Wildman–Crippen MR) is 102 cm³/mol. The minimum atomic E-state index is -0.422. The molecule has 7 nitrogen and oxygen atoms in total. The summed E-state index contributed by atoms with van der Waals surface area (Å²) in [5.41, 5.74) is 3.10. The van der Waals surface area contributed by atoms with Gasteiger partial charge >= 0.3 is 0 Å². The third kappa shape index (κ3) is 3.20. The largest absolute Gasteiger partial charge is 0.479 e. The maximum Gasteiger partial charge on any atom is 0.276 e. The van der Waals surface area contributed by atoms with Gasteiger partial charge in [0, 0.05) is 12.6 Å². The van der Waals surface area contributed by atoms with Gasteiger partial charge in [-0.25, -0.2) is 4.39 Å². The summed E-state index contributed by atoms with van der Waals surface area (Å²) in [4.78, 5) is 24.1. The molecule has 1 aromatic heterocycles. The van der Waals surface area contributed by atoms with Crippen molar-refractivity contribution in [3.05, 3.63) is 59.5 Å². The van der Waals surface area contributed by atoms with Crippen LogP contribution in [0, 0.1) is 12.7 Å². The molecule has 2 heterocycles. The van der Waals surface area contributed by atoms with Gasteiger partial charge < -0.3 is 15.4 Å². The number of para-hydroxylation sites is 1. The molecule has 28 heavy (non-hydrogen) atoms. The van der Waals surface area contributed by atoms with Crippen LogP contribution in [-0.2, 0) is 11.8 Å². The van der Waals surface area contributed by atoms with Crippen LogP contribution in [0.2, 0.25) is 0 Å². The summed E-state index contributed by atoms with van der Waals surface area (Å²) >= 11 is 0. The van der Waals surface area contributed by atoms with E-state index in [1.807, 2.05) is 0 Å². The number of carbonyl (C=O) groups excluding carboxylic acids is 2. The van der Waals surface area contributed by atoms with Gasteiger partial charge in [-0.15, -0.1) is 0 Å². The van der Waals surface area contributed by atoms with Gasteiger partial charge in [0.15, 0.2) is 18.1 Å². The van der Waals surface area contributed by atoms with Crippen LogP contribution in [0.3, 0.4) is 0 Å². The van der Waals surface area contributed by atoms with Crippen molar-refractivity contribution in [2.24, 2.45) is 7.05 Å². The number of fused-ring (bicyclic) bond motifs is 1. The highest BCUT2D eigenvalue weighted by Gasteiger charge is 2.21. The minimum absolute atomic E-state index is 0.114. The lowest BCUT2D eigenvalue weighted by atomic mass is 10.1. The van der Waals surface area contributed by atoms with E-state index in [9.17, 15) is 14.0 Å². The van der Waals surface area contributed by atoms with E-state index in [0.29, 0.717) is 28.4 Å². The minimum Gasteiger partial charge on any atom is -0.479 e. The van der Waals surface area contributed by atoms with E-state index in [1.54, 1.807) is 55.1 Å². The fourth-order valence-electron chi connectivity index (χ4n) is 3.05. The molecule has 0 unspecified atom stereocenters. The molecular weight excluding hydrogens is 363 g/mol. The van der Waals surface area contributed by atoms with Crippen molar-refractivity contribution in [3.63, 3.8) is 0 Å². The van der Waals surface area contributed by atoms with Crippen LogP contribution in [0.4, 0.5) is 15.8 Å². The third-order valence-corrected chi connectivity index (χ3v) is 4.45. The van der Waals surface area contributed by atoms with Crippen LogP contribution >= 0.6 is 0 Å². The molecule has 8 heteroatoms. The Bertz CT molecular complexity index is 1110. The number of anilines is 2. The second-order valence-electron chi connectivity index (χ2n) is 6.48. The number of ether oxygens (including phenoxy) is 1. The van der Waals surface area contributed by atoms with Gasteiger partial charge in [0.2, 0.25) is 0 Å². The Kier molecular flexibility index (Phi) is 4.31. The summed E-state index contributed by atoms with van der Waals surface area (Å²) in [6.45, 7) is 1.57. The van der Waals surface area contributed by atoms with Crippen molar-refractivity contribution in [1.82, 2.24) is 9.78 Å². The van der Waals surface area contributed by atoms with Crippen molar-refractivity contribution < 1.29 is 18.7 Å². The monoisotopic (exact) mass is 380 g/mol. The molecule has 4 rings (SSSR count). The lowest BCUT2D eigenvalue weighted by Crippen LogP contribution is -2.26. The molecular formula is C20H17FN4O3. The molecule has 2 N–H and O–H groups in total. The molecule has 3 aromatic rings. The van der Waals surface area contributed by atoms with E-state index in [2.05, 4.69) is 15.7 Å². The molecule has 1 aliphatic heterocycles. The van der Waals surface area contributed by atoms with Crippen LogP contribution in [0.5, 0.6) is 5.75 Å². The highest BCUT2D eigenvalue weighted by Crippen LogP contribution is 2.35. The Morgan fingerprint density at radius 2 is 2.11 bits per heavy atom. The standard InChI is InChI=1S/C20H17FN4O3/c1-11-8-12(6-7-13(11)21)17-9-16(24-25(17)2)20(27)23-15-5-3-4-14-19(15)28-10-18(26)22-14/h3-9H,10H2,1-2H3,(H,22,26)(H,23,27). The molecule has 2 amide bonds. The SMILES string of the molecule is Cc1cc(-c2cc(C(=O)Nc3cccc4c3OCC(=O)N4)nn2C)ccc1F. The molecule has 0 bridgehead atoms. The summed E-state index contributed by atoms with van der Waals surface area (Å²) in [7, 11) is 1.72. The Labute approximate surface area is 160 Å². The first kappa shape index (κ1) is 17.7. The van der Waals surface area contributed by atoms with Crippen molar-refractivity contribution >= 4 is 23.2 Å². The van der Waals surface area contributed by atoms with Crippen molar-refractivity contribution in [2.75, 3.05) is 17.2 Å². The number of nitrogens with one attached hydrogen (secondary N) is 2. The second kappa shape index (κ2) is 6.80. The van der Waals surface area contributed by atoms with Crippen LogP contribution in [-0.4, -0.2) is 28.2 Å². The molecule has 2 aromatic carbocycles. The highest BCUT2D eigenvalue weighted by atomic mass is 19.1. The number of halogens is 1. The summed E-state index contributed by atoms with van der Waals surface area (Å²) in [6.07, 6.45) is 0. The molecule has 0 radical (unpaired) electrons. The zero-order valence-electron chi connectivity index (χ0n) is 15.2. The molecule has 0 spiro atoms. The number of aryl methyl sites for hydroxylation is 2. The number of carbonyl (C=O) groups is 2. The van der Waals surface area contributed by atoms with Gasteiger partial charge in [0.1, 0.15) is 5.82 Å². The zero-order chi connectivity index (χ0) is 19.8. The molecule has 0 saturated heterocycles. The number of amides is 2. The maximum absolute atomic E-state index is 13.5. The first-order valence-electron chi connectivity index (χ1n) is 8.60. The molecule has 0 atom stereocenters. The highest BCUT2D eigenvalue weighted by molar-refractivity contribution is 6.06. The van der Waals surface area contributed by atoms with E-state index in [1.165, 1.54) is 6.07 Å². The summed E-state index contributed by atoms with van der Waals surface area (Å²) in [5, 5.41) is 9.71. The van der Waals surface area contributed by atoms with Crippen LogP contribution in [0.1, 0.15) is 16.1 Å². The number of aromatic nitrogens is 2. The number of hydrogen-bond acceptors (Lipinski definition) is 4. The molecule has 0 saturated carbocycles. The quantitative estimate of drug-likeness (QED) is 0.731. The maximum atomic E-state index is 13.5. The third-order valence-electron chi connectivity index (χ3n) is 4.45. The lowest BCUT2D eigenvalue weighted by Gasteiger charge is -2.20. The van der Waals surface area contributed by atoms with E-state index in [-0.39, 0.29) is 24.0 Å². The first-order chi connectivity index (χ1) is 13.4. The van der Waals surface area contributed by atoms with Gasteiger partial charge in [-0.3, -0.25) is 14.3 Å². The van der Waals surface area contributed by atoms with E-state index in [4.69, 9.17) is 4.74 Å². The van der Waals surface area contributed by atoms with Crippen molar-refractivity contribution in [1.29, 1.82) is 0 Å². The second-order valence-corrected chi connectivity index (χ2v) is 6.48. The molecule has 142 valence electrons. The number of nitrogens with zero attached hydrogens (tertiary/aromatic N) is 2. The average molecular weight is 380 g/mol. The Hall–Kier alpha value is -3.68. The number of benzene rings is 2. The van der Waals surface area contributed by atoms with Gasteiger partial charge in [-0.2, -0.15) is 5.10 Å². The first-order valence-corrected chi connectivity index (χ1v) is 8.60. The van der Waals surface area contributed by atoms with Gasteiger partial charge in [-0.1, -0.05) is 6.07 Å². The fourth-order valence-corrected chi connectivity index (χ4v) is 3.05. The lowest BCUT2D eigenvalue weighted by molar-refractivity contribution is -0.118.